The highest BCUT2D eigenvalue weighted by molar-refractivity contribution is 9.10. The van der Waals surface area contributed by atoms with Gasteiger partial charge in [0.2, 0.25) is 0 Å². The Morgan fingerprint density at radius 3 is 2.75 bits per heavy atom. The van der Waals surface area contributed by atoms with E-state index in [1.54, 1.807) is 6.07 Å². The van der Waals surface area contributed by atoms with E-state index in [-0.39, 0.29) is 5.69 Å². The molecule has 2 aromatic rings. The number of aromatic nitrogens is 2. The fraction of sp³-hybridized carbons (Fsp3) is 0.154. The van der Waals surface area contributed by atoms with Crippen molar-refractivity contribution in [3.63, 3.8) is 0 Å². The Kier molecular flexibility index (Phi) is 4.62. The van der Waals surface area contributed by atoms with Crippen LogP contribution in [0.1, 0.15) is 17.4 Å². The molecule has 0 saturated heterocycles. The summed E-state index contributed by atoms with van der Waals surface area (Å²) in [6.45, 7) is 2.66. The first kappa shape index (κ1) is 14.4. The maximum Gasteiger partial charge on any atom is 0.275 e. The van der Waals surface area contributed by atoms with Crippen LogP contribution in [0, 0.1) is 5.82 Å². The van der Waals surface area contributed by atoms with Crippen LogP contribution in [0.5, 0.6) is 0 Å². The van der Waals surface area contributed by atoms with Crippen LogP contribution in [-0.4, -0.2) is 22.4 Å². The van der Waals surface area contributed by atoms with Crippen molar-refractivity contribution in [2.75, 3.05) is 17.2 Å². The molecule has 0 bridgehead atoms. The van der Waals surface area contributed by atoms with Gasteiger partial charge < -0.3 is 10.6 Å². The van der Waals surface area contributed by atoms with E-state index in [9.17, 15) is 9.18 Å². The quantitative estimate of drug-likeness (QED) is 0.898. The van der Waals surface area contributed by atoms with Gasteiger partial charge in [0.05, 0.1) is 16.9 Å². The van der Waals surface area contributed by atoms with E-state index >= 15 is 0 Å². The minimum atomic E-state index is -0.448. The van der Waals surface area contributed by atoms with Crippen molar-refractivity contribution in [1.82, 2.24) is 9.97 Å². The number of carbonyl (C=O) groups is 1. The predicted octanol–water partition coefficient (Wildman–Crippen LogP) is 3.06. The molecule has 0 spiro atoms. The summed E-state index contributed by atoms with van der Waals surface area (Å²) in [6.07, 6.45) is 2.84. The second kappa shape index (κ2) is 6.42. The van der Waals surface area contributed by atoms with Gasteiger partial charge in [-0.05, 0) is 41.1 Å². The van der Waals surface area contributed by atoms with E-state index < -0.39 is 11.7 Å². The molecule has 0 aliphatic rings. The van der Waals surface area contributed by atoms with E-state index in [0.29, 0.717) is 16.0 Å². The van der Waals surface area contributed by atoms with Crippen LogP contribution < -0.4 is 10.6 Å². The summed E-state index contributed by atoms with van der Waals surface area (Å²) in [5.74, 6) is -0.294. The molecule has 0 saturated carbocycles. The number of benzene rings is 1. The van der Waals surface area contributed by atoms with Gasteiger partial charge in [-0.1, -0.05) is 0 Å². The topological polar surface area (TPSA) is 66.9 Å². The number of nitrogens with zero attached hydrogens (tertiary/aromatic N) is 2. The number of amides is 1. The predicted molar refractivity (Wildman–Crippen MR) is 78.2 cm³/mol. The Morgan fingerprint density at radius 1 is 1.35 bits per heavy atom. The molecule has 0 aliphatic heterocycles. The van der Waals surface area contributed by atoms with Crippen molar-refractivity contribution >= 4 is 33.3 Å². The van der Waals surface area contributed by atoms with E-state index in [2.05, 4.69) is 36.5 Å². The number of carbonyl (C=O) groups excluding carboxylic acids is 1. The lowest BCUT2D eigenvalue weighted by molar-refractivity contribution is 0.102. The fourth-order valence-corrected chi connectivity index (χ4v) is 1.73. The van der Waals surface area contributed by atoms with Gasteiger partial charge in [0, 0.05) is 12.2 Å². The molecule has 1 aromatic heterocycles. The highest BCUT2D eigenvalue weighted by atomic mass is 79.9. The summed E-state index contributed by atoms with van der Waals surface area (Å²) in [4.78, 5) is 20.0. The minimum absolute atomic E-state index is 0.162. The van der Waals surface area contributed by atoms with Gasteiger partial charge in [0.1, 0.15) is 17.3 Å². The molecule has 20 heavy (non-hydrogen) atoms. The molecule has 1 aromatic carbocycles. The molecule has 7 heteroatoms. The van der Waals surface area contributed by atoms with Gasteiger partial charge in [-0.2, -0.15) is 0 Å². The van der Waals surface area contributed by atoms with Gasteiger partial charge in [-0.25, -0.2) is 14.4 Å². The lowest BCUT2D eigenvalue weighted by atomic mass is 10.3. The number of nitrogens with one attached hydrogen (secondary N) is 2. The van der Waals surface area contributed by atoms with Gasteiger partial charge >= 0.3 is 0 Å². The number of rotatable bonds is 4. The number of halogens is 2. The fourth-order valence-electron chi connectivity index (χ4n) is 1.49. The van der Waals surface area contributed by atoms with Gasteiger partial charge in [0.15, 0.2) is 0 Å². The first-order chi connectivity index (χ1) is 9.60. The van der Waals surface area contributed by atoms with Crippen molar-refractivity contribution < 1.29 is 9.18 Å². The molecule has 2 N–H and O–H groups in total. The smallest absolute Gasteiger partial charge is 0.275 e. The molecular formula is C13H12BrFN4O. The summed E-state index contributed by atoms with van der Waals surface area (Å²) < 4.78 is 13.7. The van der Waals surface area contributed by atoms with Gasteiger partial charge in [0.25, 0.3) is 5.91 Å². The van der Waals surface area contributed by atoms with Crippen molar-refractivity contribution in [2.45, 2.75) is 6.92 Å². The first-order valence-corrected chi connectivity index (χ1v) is 6.71. The van der Waals surface area contributed by atoms with Gasteiger partial charge in [-0.15, -0.1) is 0 Å². The molecule has 0 unspecified atom stereocenters. The maximum absolute atomic E-state index is 13.3. The van der Waals surface area contributed by atoms with Crippen LogP contribution in [-0.2, 0) is 0 Å². The van der Waals surface area contributed by atoms with Crippen LogP contribution in [0.25, 0.3) is 0 Å². The summed E-state index contributed by atoms with van der Waals surface area (Å²) >= 11 is 3.05. The van der Waals surface area contributed by atoms with Crippen molar-refractivity contribution in [3.8, 4) is 0 Å². The standard InChI is InChI=1S/C13H12BrFN4O/c1-2-16-12-7-17-11(6-18-12)13(20)19-8-3-4-9(14)10(15)5-8/h3-7H,2H2,1H3,(H,16,18)(H,19,20). The Morgan fingerprint density at radius 2 is 2.15 bits per heavy atom. The Bertz CT molecular complexity index is 618. The molecule has 5 nitrogen and oxygen atoms in total. The number of hydrogen-bond donors (Lipinski definition) is 2. The van der Waals surface area contributed by atoms with Crippen LogP contribution in [0.15, 0.2) is 35.1 Å². The zero-order valence-corrected chi connectivity index (χ0v) is 12.2. The lowest BCUT2D eigenvalue weighted by Gasteiger charge is -2.06. The second-order valence-corrected chi connectivity index (χ2v) is 4.75. The van der Waals surface area contributed by atoms with Crippen molar-refractivity contribution in [3.05, 3.63) is 46.6 Å². The molecule has 2 rings (SSSR count). The van der Waals surface area contributed by atoms with Crippen LogP contribution in [0.3, 0.4) is 0 Å². The summed E-state index contributed by atoms with van der Waals surface area (Å²) in [5, 5.41) is 5.53. The zero-order valence-electron chi connectivity index (χ0n) is 10.7. The summed E-state index contributed by atoms with van der Waals surface area (Å²) in [6, 6.07) is 4.33. The van der Waals surface area contributed by atoms with Crippen LogP contribution in [0.2, 0.25) is 0 Å². The third kappa shape index (κ3) is 3.51. The average Bonchev–Trinajstić information content (AvgIpc) is 2.44. The molecule has 1 heterocycles. The molecule has 0 atom stereocenters. The molecule has 0 fully saturated rings. The van der Waals surface area contributed by atoms with Crippen molar-refractivity contribution in [2.24, 2.45) is 0 Å². The first-order valence-electron chi connectivity index (χ1n) is 5.92. The SMILES string of the molecule is CCNc1cnc(C(=O)Nc2ccc(Br)c(F)c2)cn1. The zero-order chi connectivity index (χ0) is 14.5. The second-order valence-electron chi connectivity index (χ2n) is 3.90. The van der Waals surface area contributed by atoms with Crippen LogP contribution in [0.4, 0.5) is 15.9 Å². The van der Waals surface area contributed by atoms with Crippen LogP contribution >= 0.6 is 15.9 Å². The highest BCUT2D eigenvalue weighted by Crippen LogP contribution is 2.19. The molecule has 1 amide bonds. The monoisotopic (exact) mass is 338 g/mol. The highest BCUT2D eigenvalue weighted by Gasteiger charge is 2.09. The van der Waals surface area contributed by atoms with E-state index in [1.165, 1.54) is 24.5 Å². The number of anilines is 2. The molecule has 0 radical (unpaired) electrons. The maximum atomic E-state index is 13.3. The van der Waals surface area contributed by atoms with Crippen molar-refractivity contribution in [1.29, 1.82) is 0 Å². The third-order valence-corrected chi connectivity index (χ3v) is 3.06. The minimum Gasteiger partial charge on any atom is -0.369 e. The van der Waals surface area contributed by atoms with Gasteiger partial charge in [-0.3, -0.25) is 4.79 Å². The largest absolute Gasteiger partial charge is 0.369 e. The van der Waals surface area contributed by atoms with E-state index in [4.69, 9.17) is 0 Å². The Labute approximate surface area is 123 Å². The normalized spacial score (nSPS) is 10.2. The van der Waals surface area contributed by atoms with E-state index in [0.717, 1.165) is 6.54 Å². The Hall–Kier alpha value is -2.02. The summed E-state index contributed by atoms with van der Waals surface area (Å²) in [7, 11) is 0. The molecule has 0 aliphatic carbocycles. The average molecular weight is 339 g/mol. The lowest BCUT2D eigenvalue weighted by Crippen LogP contribution is -2.14. The molecular weight excluding hydrogens is 327 g/mol. The molecule has 104 valence electrons. The third-order valence-electron chi connectivity index (χ3n) is 2.42. The Balaban J connectivity index is 2.09. The van der Waals surface area contributed by atoms with E-state index in [1.807, 2.05) is 6.92 Å². The number of hydrogen-bond acceptors (Lipinski definition) is 4. The summed E-state index contributed by atoms with van der Waals surface area (Å²) in [5.41, 5.74) is 0.517.